The highest BCUT2D eigenvalue weighted by molar-refractivity contribution is 5.91. The summed E-state index contributed by atoms with van der Waals surface area (Å²) >= 11 is 0. The van der Waals surface area contributed by atoms with Gasteiger partial charge in [-0.3, -0.25) is 0 Å². The number of aliphatic hydroxyl groups excluding tert-OH is 3. The van der Waals surface area contributed by atoms with Crippen LogP contribution >= 0.6 is 0 Å². The SMILES string of the molecule is C=CC.O=C(O)c1ccc(C(=O)O)cc1.OCC(O)CO. The molecule has 0 unspecified atom stereocenters. The molecule has 7 nitrogen and oxygen atoms in total. The highest BCUT2D eigenvalue weighted by atomic mass is 16.4. The Hall–Kier alpha value is -2.22. The first kappa shape index (κ1) is 21.1. The van der Waals surface area contributed by atoms with E-state index in [2.05, 4.69) is 6.58 Å². The average molecular weight is 300 g/mol. The number of benzene rings is 1. The standard InChI is InChI=1S/C8H6O4.C3H8O3.C3H6/c9-7(10)5-1-2-6(4-3-5)8(11)12;4-1-3(6)2-5;1-3-2/h1-4H,(H,9,10)(H,11,12);3-6H,1-2H2;3H,1H2,2H3. The molecule has 21 heavy (non-hydrogen) atoms. The van der Waals surface area contributed by atoms with Gasteiger partial charge in [-0.25, -0.2) is 9.59 Å². The molecule has 0 spiro atoms. The number of carboxylic acids is 2. The monoisotopic (exact) mass is 300 g/mol. The molecule has 7 heteroatoms. The fraction of sp³-hybridized carbons (Fsp3) is 0.286. The summed E-state index contributed by atoms with van der Waals surface area (Å²) < 4.78 is 0. The van der Waals surface area contributed by atoms with Crippen molar-refractivity contribution in [3.8, 4) is 0 Å². The van der Waals surface area contributed by atoms with Gasteiger partial charge in [-0.1, -0.05) is 6.08 Å². The van der Waals surface area contributed by atoms with Crippen molar-refractivity contribution in [1.29, 1.82) is 0 Å². The molecule has 0 saturated heterocycles. The minimum atomic E-state index is -1.06. The molecule has 0 aliphatic carbocycles. The smallest absolute Gasteiger partial charge is 0.335 e. The number of hydrogen-bond donors (Lipinski definition) is 5. The fourth-order valence-electron chi connectivity index (χ4n) is 0.813. The Morgan fingerprint density at radius 3 is 1.38 bits per heavy atom. The molecule has 5 N–H and O–H groups in total. The molecule has 0 aliphatic rings. The number of hydrogen-bond acceptors (Lipinski definition) is 5. The van der Waals surface area contributed by atoms with E-state index in [1.54, 1.807) is 6.08 Å². The minimum Gasteiger partial charge on any atom is -0.478 e. The average Bonchev–Trinajstić information content (AvgIpc) is 2.47. The van der Waals surface area contributed by atoms with Gasteiger partial charge in [0.25, 0.3) is 0 Å². The first-order valence-electron chi connectivity index (χ1n) is 5.87. The van der Waals surface area contributed by atoms with Crippen LogP contribution in [0, 0.1) is 0 Å². The summed E-state index contributed by atoms with van der Waals surface area (Å²) in [6.45, 7) is 4.52. The van der Waals surface area contributed by atoms with Gasteiger partial charge in [-0.2, -0.15) is 0 Å². The van der Waals surface area contributed by atoms with Crippen molar-refractivity contribution < 1.29 is 35.1 Å². The Morgan fingerprint density at radius 2 is 1.29 bits per heavy atom. The van der Waals surface area contributed by atoms with E-state index < -0.39 is 18.0 Å². The van der Waals surface area contributed by atoms with E-state index in [0.29, 0.717) is 0 Å². The summed E-state index contributed by atoms with van der Waals surface area (Å²) in [4.78, 5) is 20.7. The maximum Gasteiger partial charge on any atom is 0.335 e. The van der Waals surface area contributed by atoms with Crippen molar-refractivity contribution in [3.05, 3.63) is 48.0 Å². The second-order valence-electron chi connectivity index (χ2n) is 3.61. The first-order chi connectivity index (χ1) is 9.83. The lowest BCUT2D eigenvalue weighted by molar-refractivity contribution is 0.0450. The fourth-order valence-corrected chi connectivity index (χ4v) is 0.813. The van der Waals surface area contributed by atoms with E-state index in [-0.39, 0.29) is 24.3 Å². The number of carbonyl (C=O) groups is 2. The highest BCUT2D eigenvalue weighted by Gasteiger charge is 2.04. The van der Waals surface area contributed by atoms with Crippen molar-refractivity contribution in [2.45, 2.75) is 13.0 Å². The number of allylic oxidation sites excluding steroid dienone is 1. The molecule has 118 valence electrons. The van der Waals surface area contributed by atoms with Gasteiger partial charge in [0.05, 0.1) is 24.3 Å². The number of aliphatic hydroxyl groups is 3. The van der Waals surface area contributed by atoms with Crippen molar-refractivity contribution in [2.24, 2.45) is 0 Å². The zero-order valence-corrected chi connectivity index (χ0v) is 11.6. The summed E-state index contributed by atoms with van der Waals surface area (Å²) in [6.07, 6.45) is 0.796. The highest BCUT2D eigenvalue weighted by Crippen LogP contribution is 2.03. The topological polar surface area (TPSA) is 135 Å². The molecule has 0 aliphatic heterocycles. The second-order valence-corrected chi connectivity index (χ2v) is 3.61. The number of rotatable bonds is 4. The van der Waals surface area contributed by atoms with Gasteiger partial charge >= 0.3 is 11.9 Å². The van der Waals surface area contributed by atoms with Gasteiger partial charge in [-0.15, -0.1) is 6.58 Å². The summed E-state index contributed by atoms with van der Waals surface area (Å²) in [5, 5.41) is 40.9. The summed E-state index contributed by atoms with van der Waals surface area (Å²) in [7, 11) is 0. The lowest BCUT2D eigenvalue weighted by Crippen LogP contribution is -2.15. The maximum absolute atomic E-state index is 10.3. The molecule has 0 aromatic heterocycles. The zero-order valence-electron chi connectivity index (χ0n) is 11.6. The summed E-state index contributed by atoms with van der Waals surface area (Å²) in [6, 6.07) is 5.02. The van der Waals surface area contributed by atoms with Crippen LogP contribution in [-0.2, 0) is 0 Å². The van der Waals surface area contributed by atoms with Crippen molar-refractivity contribution in [1.82, 2.24) is 0 Å². The third-order valence-electron chi connectivity index (χ3n) is 1.80. The van der Waals surface area contributed by atoms with E-state index >= 15 is 0 Å². The van der Waals surface area contributed by atoms with E-state index in [0.717, 1.165) is 0 Å². The van der Waals surface area contributed by atoms with Crippen LogP contribution in [0.25, 0.3) is 0 Å². The molecule has 0 atom stereocenters. The van der Waals surface area contributed by atoms with E-state index in [1.807, 2.05) is 6.92 Å². The Morgan fingerprint density at radius 1 is 1.05 bits per heavy atom. The molecule has 0 heterocycles. The maximum atomic E-state index is 10.3. The van der Waals surface area contributed by atoms with Gasteiger partial charge in [0.2, 0.25) is 0 Å². The molecule has 0 saturated carbocycles. The van der Waals surface area contributed by atoms with Gasteiger partial charge in [0.1, 0.15) is 6.10 Å². The largest absolute Gasteiger partial charge is 0.478 e. The van der Waals surface area contributed by atoms with Crippen LogP contribution < -0.4 is 0 Å². The van der Waals surface area contributed by atoms with Crippen LogP contribution in [0.1, 0.15) is 27.6 Å². The lowest BCUT2D eigenvalue weighted by Gasteiger charge is -1.96. The van der Waals surface area contributed by atoms with Crippen molar-refractivity contribution >= 4 is 11.9 Å². The van der Waals surface area contributed by atoms with Gasteiger partial charge < -0.3 is 25.5 Å². The molecular formula is C14H20O7. The van der Waals surface area contributed by atoms with Gasteiger partial charge in [-0.05, 0) is 31.2 Å². The predicted octanol–water partition coefficient (Wildman–Crippen LogP) is 0.607. The summed E-state index contributed by atoms with van der Waals surface area (Å²) in [5.41, 5.74) is 0.167. The lowest BCUT2D eigenvalue weighted by atomic mass is 10.1. The first-order valence-corrected chi connectivity index (χ1v) is 5.87. The number of aromatic carboxylic acids is 2. The van der Waals surface area contributed by atoms with Crippen LogP contribution in [0.2, 0.25) is 0 Å². The molecule has 0 fully saturated rings. The zero-order chi connectivity index (χ0) is 16.8. The Balaban J connectivity index is 0. The van der Waals surface area contributed by atoms with Crippen LogP contribution in [-0.4, -0.2) is 56.8 Å². The van der Waals surface area contributed by atoms with Gasteiger partial charge in [0.15, 0.2) is 0 Å². The molecule has 1 aromatic carbocycles. The Bertz CT molecular complexity index is 388. The molecule has 0 bridgehead atoms. The predicted molar refractivity (Wildman–Crippen MR) is 76.4 cm³/mol. The van der Waals surface area contributed by atoms with Crippen molar-refractivity contribution in [2.75, 3.05) is 13.2 Å². The van der Waals surface area contributed by atoms with Crippen LogP contribution in [0.3, 0.4) is 0 Å². The molecule has 1 rings (SSSR count). The molecular weight excluding hydrogens is 280 g/mol. The third-order valence-corrected chi connectivity index (χ3v) is 1.80. The van der Waals surface area contributed by atoms with E-state index in [9.17, 15) is 9.59 Å². The third kappa shape index (κ3) is 11.3. The van der Waals surface area contributed by atoms with Crippen LogP contribution in [0.15, 0.2) is 36.9 Å². The minimum absolute atomic E-state index is 0.0833. The van der Waals surface area contributed by atoms with Gasteiger partial charge in [0, 0.05) is 0 Å². The van der Waals surface area contributed by atoms with Crippen molar-refractivity contribution in [3.63, 3.8) is 0 Å². The normalized spacial score (nSPS) is 8.81. The van der Waals surface area contributed by atoms with Crippen LogP contribution in [0.4, 0.5) is 0 Å². The van der Waals surface area contributed by atoms with Crippen LogP contribution in [0.5, 0.6) is 0 Å². The Labute approximate surface area is 122 Å². The Kier molecular flexibility index (Phi) is 12.8. The summed E-state index contributed by atoms with van der Waals surface area (Å²) in [5.74, 6) is -2.13. The van der Waals surface area contributed by atoms with E-state index in [4.69, 9.17) is 25.5 Å². The van der Waals surface area contributed by atoms with E-state index in [1.165, 1.54) is 24.3 Å². The second kappa shape index (κ2) is 12.8. The molecule has 0 amide bonds. The number of carboxylic acid groups (broad SMARTS) is 2. The quantitative estimate of drug-likeness (QED) is 0.514. The molecule has 0 radical (unpaired) electrons. The molecule has 1 aromatic rings.